The van der Waals surface area contributed by atoms with Gasteiger partial charge in [0.25, 0.3) is 0 Å². The van der Waals surface area contributed by atoms with Gasteiger partial charge in [-0.25, -0.2) is 0 Å². The summed E-state index contributed by atoms with van der Waals surface area (Å²) in [5.74, 6) is 0. The predicted molar refractivity (Wildman–Crippen MR) is 67.8 cm³/mol. The topological polar surface area (TPSA) is 56.5 Å². The molecule has 1 aromatic carbocycles. The van der Waals surface area contributed by atoms with Crippen molar-refractivity contribution in [2.24, 2.45) is 0 Å². The Morgan fingerprint density at radius 3 is 2.94 bits per heavy atom. The molecule has 1 saturated heterocycles. The summed E-state index contributed by atoms with van der Waals surface area (Å²) < 4.78 is 5.43. The molecule has 4 nitrogen and oxygen atoms in total. The summed E-state index contributed by atoms with van der Waals surface area (Å²) in [4.78, 5) is 2.08. The molecule has 1 aliphatic heterocycles. The lowest BCUT2D eigenvalue weighted by atomic mass is 10.0. The predicted octanol–water partition coefficient (Wildman–Crippen LogP) is 1.33. The van der Waals surface area contributed by atoms with Crippen LogP contribution < -0.4 is 0 Å². The quantitative estimate of drug-likeness (QED) is 0.814. The maximum absolute atomic E-state index is 10.2. The molecule has 1 fully saturated rings. The lowest BCUT2D eigenvalue weighted by Crippen LogP contribution is -2.46. The Morgan fingerprint density at radius 2 is 2.22 bits per heavy atom. The molecule has 0 saturated carbocycles. The van der Waals surface area contributed by atoms with Crippen LogP contribution in [-0.4, -0.2) is 42.4 Å². The van der Waals surface area contributed by atoms with Gasteiger partial charge in [0.2, 0.25) is 0 Å². The van der Waals surface area contributed by atoms with Crippen molar-refractivity contribution < 1.29 is 9.84 Å². The van der Waals surface area contributed by atoms with Crippen LogP contribution in [0.25, 0.3) is 0 Å². The van der Waals surface area contributed by atoms with Crippen molar-refractivity contribution in [1.82, 2.24) is 4.90 Å². The number of hydrogen-bond acceptors (Lipinski definition) is 4. The maximum Gasteiger partial charge on any atom is 0.0869 e. The van der Waals surface area contributed by atoms with Gasteiger partial charge >= 0.3 is 0 Å². The fraction of sp³-hybridized carbons (Fsp3) is 0.500. The van der Waals surface area contributed by atoms with Gasteiger partial charge < -0.3 is 9.84 Å². The smallest absolute Gasteiger partial charge is 0.0869 e. The minimum absolute atomic E-state index is 0.119. The van der Waals surface area contributed by atoms with Crippen molar-refractivity contribution in [2.75, 3.05) is 26.3 Å². The maximum atomic E-state index is 10.2. The van der Waals surface area contributed by atoms with Crippen LogP contribution in [0.3, 0.4) is 0 Å². The molecule has 0 radical (unpaired) electrons. The first-order valence-corrected chi connectivity index (χ1v) is 6.23. The third-order valence-electron chi connectivity index (χ3n) is 3.30. The van der Waals surface area contributed by atoms with Crippen molar-refractivity contribution in [3.63, 3.8) is 0 Å². The van der Waals surface area contributed by atoms with E-state index in [1.54, 1.807) is 0 Å². The summed E-state index contributed by atoms with van der Waals surface area (Å²) in [6.07, 6.45) is 0.102. The third kappa shape index (κ3) is 3.30. The number of nitrogens with zero attached hydrogens (tertiary/aromatic N) is 2. The van der Waals surface area contributed by atoms with Crippen LogP contribution in [0.5, 0.6) is 0 Å². The molecule has 0 aromatic heterocycles. The van der Waals surface area contributed by atoms with E-state index in [2.05, 4.69) is 11.0 Å². The molecule has 1 N–H and O–H groups in total. The molecule has 0 spiro atoms. The van der Waals surface area contributed by atoms with Crippen LogP contribution in [0.1, 0.15) is 18.1 Å². The van der Waals surface area contributed by atoms with Gasteiger partial charge in [0.05, 0.1) is 31.9 Å². The summed E-state index contributed by atoms with van der Waals surface area (Å²) in [5.41, 5.74) is 0.917. The molecule has 18 heavy (non-hydrogen) atoms. The van der Waals surface area contributed by atoms with Gasteiger partial charge in [-0.2, -0.15) is 5.26 Å². The number of rotatable bonds is 4. The molecule has 1 aliphatic rings. The van der Waals surface area contributed by atoms with Crippen molar-refractivity contribution in [3.05, 3.63) is 35.9 Å². The second-order valence-corrected chi connectivity index (χ2v) is 4.52. The van der Waals surface area contributed by atoms with Crippen molar-refractivity contribution in [3.8, 4) is 6.07 Å². The number of morpholine rings is 1. The van der Waals surface area contributed by atoms with Gasteiger partial charge in [0, 0.05) is 12.6 Å². The van der Waals surface area contributed by atoms with Crippen molar-refractivity contribution in [1.29, 1.82) is 5.26 Å². The zero-order valence-electron chi connectivity index (χ0n) is 10.3. The SMILES string of the molecule is N#CCN1CCOCC1CC(O)c1ccccc1. The molecule has 0 amide bonds. The Morgan fingerprint density at radius 1 is 1.44 bits per heavy atom. The molecular weight excluding hydrogens is 228 g/mol. The van der Waals surface area contributed by atoms with E-state index >= 15 is 0 Å². The molecule has 0 aliphatic carbocycles. The largest absolute Gasteiger partial charge is 0.388 e. The number of benzene rings is 1. The molecule has 0 bridgehead atoms. The highest BCUT2D eigenvalue weighted by atomic mass is 16.5. The van der Waals surface area contributed by atoms with Gasteiger partial charge in [-0.05, 0) is 12.0 Å². The first kappa shape index (κ1) is 13.0. The second kappa shape index (κ2) is 6.50. The number of hydrogen-bond donors (Lipinski definition) is 1. The molecule has 2 atom stereocenters. The van der Waals surface area contributed by atoms with E-state index in [9.17, 15) is 5.11 Å². The summed E-state index contributed by atoms with van der Waals surface area (Å²) in [5, 5.41) is 19.0. The molecular formula is C14H18N2O2. The third-order valence-corrected chi connectivity index (χ3v) is 3.30. The average molecular weight is 246 g/mol. The second-order valence-electron chi connectivity index (χ2n) is 4.52. The highest BCUT2D eigenvalue weighted by molar-refractivity contribution is 5.17. The fourth-order valence-corrected chi connectivity index (χ4v) is 2.27. The Balaban J connectivity index is 1.97. The standard InChI is InChI=1S/C14H18N2O2/c15-6-7-16-8-9-18-11-13(16)10-14(17)12-4-2-1-3-5-12/h1-5,13-14,17H,7-11H2. The molecule has 2 unspecified atom stereocenters. The van der Waals surface area contributed by atoms with Crippen LogP contribution in [0, 0.1) is 11.3 Å². The molecule has 96 valence electrons. The van der Waals surface area contributed by atoms with Gasteiger partial charge in [0.1, 0.15) is 0 Å². The van der Waals surface area contributed by atoms with E-state index < -0.39 is 6.10 Å². The van der Waals surface area contributed by atoms with E-state index in [1.807, 2.05) is 30.3 Å². The van der Waals surface area contributed by atoms with Crippen LogP contribution >= 0.6 is 0 Å². The normalized spacial score (nSPS) is 22.3. The van der Waals surface area contributed by atoms with Crippen molar-refractivity contribution >= 4 is 0 Å². The highest BCUT2D eigenvalue weighted by Gasteiger charge is 2.25. The van der Waals surface area contributed by atoms with Gasteiger partial charge in [-0.15, -0.1) is 0 Å². The van der Waals surface area contributed by atoms with Crippen LogP contribution in [-0.2, 0) is 4.74 Å². The Labute approximate surface area is 107 Å². The van der Waals surface area contributed by atoms with Crippen molar-refractivity contribution in [2.45, 2.75) is 18.6 Å². The minimum Gasteiger partial charge on any atom is -0.388 e. The van der Waals surface area contributed by atoms with Gasteiger partial charge in [0.15, 0.2) is 0 Å². The van der Waals surface area contributed by atoms with E-state index in [-0.39, 0.29) is 6.04 Å². The molecule has 1 aromatic rings. The fourth-order valence-electron chi connectivity index (χ4n) is 2.27. The minimum atomic E-state index is -0.501. The lowest BCUT2D eigenvalue weighted by Gasteiger charge is -2.35. The zero-order chi connectivity index (χ0) is 12.8. The highest BCUT2D eigenvalue weighted by Crippen LogP contribution is 2.22. The number of nitriles is 1. The first-order valence-electron chi connectivity index (χ1n) is 6.23. The molecule has 1 heterocycles. The van der Waals surface area contributed by atoms with E-state index in [0.29, 0.717) is 26.2 Å². The Kier molecular flexibility index (Phi) is 4.71. The van der Waals surface area contributed by atoms with E-state index in [1.165, 1.54) is 0 Å². The van der Waals surface area contributed by atoms with E-state index in [0.717, 1.165) is 12.1 Å². The summed E-state index contributed by atoms with van der Waals surface area (Å²) in [6, 6.07) is 11.9. The lowest BCUT2D eigenvalue weighted by molar-refractivity contribution is -0.0202. The average Bonchev–Trinajstić information content (AvgIpc) is 2.42. The summed E-state index contributed by atoms with van der Waals surface area (Å²) in [7, 11) is 0. The van der Waals surface area contributed by atoms with Gasteiger partial charge in [-0.1, -0.05) is 30.3 Å². The van der Waals surface area contributed by atoms with Gasteiger partial charge in [-0.3, -0.25) is 4.90 Å². The van der Waals surface area contributed by atoms with Crippen LogP contribution in [0.15, 0.2) is 30.3 Å². The number of ether oxygens (including phenoxy) is 1. The monoisotopic (exact) mass is 246 g/mol. The summed E-state index contributed by atoms with van der Waals surface area (Å²) in [6.45, 7) is 2.42. The number of aliphatic hydroxyl groups excluding tert-OH is 1. The molecule has 4 heteroatoms. The van der Waals surface area contributed by atoms with Crippen LogP contribution in [0.2, 0.25) is 0 Å². The molecule has 2 rings (SSSR count). The number of aliphatic hydroxyl groups is 1. The Hall–Kier alpha value is -1.41. The van der Waals surface area contributed by atoms with Crippen LogP contribution in [0.4, 0.5) is 0 Å². The summed E-state index contributed by atoms with van der Waals surface area (Å²) >= 11 is 0. The van der Waals surface area contributed by atoms with E-state index in [4.69, 9.17) is 10.00 Å². The zero-order valence-corrected chi connectivity index (χ0v) is 10.3. The Bertz CT molecular complexity index is 402. The first-order chi connectivity index (χ1) is 8.81.